The molecule has 0 N–H and O–H groups in total. The minimum absolute atomic E-state index is 0. The van der Waals surface area contributed by atoms with Crippen molar-refractivity contribution in [2.45, 2.75) is 116 Å². The first-order valence-electron chi connectivity index (χ1n) is 12.4. The number of ether oxygens (including phenoxy) is 3. The number of carbonyl (C=O) groups excluding carboxylic acids is 1. The molecule has 0 aliphatic rings. The first-order valence-corrected chi connectivity index (χ1v) is 12.4. The third kappa shape index (κ3) is 19.7. The fourth-order valence-electron chi connectivity index (χ4n) is 3.41. The Hall–Kier alpha value is -0.314. The van der Waals surface area contributed by atoms with Crippen LogP contribution < -0.4 is 0 Å². The first-order chi connectivity index (χ1) is 15.7. The summed E-state index contributed by atoms with van der Waals surface area (Å²) in [7, 11) is 0. The van der Waals surface area contributed by atoms with Gasteiger partial charge in [-0.3, -0.25) is 4.89 Å². The Morgan fingerprint density at radius 1 is 0.636 bits per heavy atom. The van der Waals surface area contributed by atoms with Crippen LogP contribution in [0.1, 0.15) is 110 Å². The zero-order valence-corrected chi connectivity index (χ0v) is 20.3. The van der Waals surface area contributed by atoms with Crippen molar-refractivity contribution in [3.8, 4) is 0 Å². The second-order valence-electron chi connectivity index (χ2n) is 7.91. The molecule has 0 aromatic carbocycles. The molecule has 7 heteroatoms. The third-order valence-corrected chi connectivity index (χ3v) is 5.18. The van der Waals surface area contributed by atoms with Crippen molar-refractivity contribution >= 4 is 57.4 Å². The summed E-state index contributed by atoms with van der Waals surface area (Å²) >= 11 is 0. The van der Waals surface area contributed by atoms with Crippen molar-refractivity contribution in [2.24, 2.45) is 0 Å². The topological polar surface area (TPSA) is 63.2 Å². The Labute approximate surface area is 244 Å². The van der Waals surface area contributed by atoms with Crippen molar-refractivity contribution in [1.82, 2.24) is 0 Å². The molecule has 0 fully saturated rings. The summed E-state index contributed by atoms with van der Waals surface area (Å²) < 4.78 is 14.9. The van der Waals surface area contributed by atoms with E-state index in [4.69, 9.17) is 24.0 Å². The van der Waals surface area contributed by atoms with E-state index in [0.717, 1.165) is 38.0 Å². The second kappa shape index (κ2) is 26.3. The zero-order chi connectivity index (χ0) is 23.8. The summed E-state index contributed by atoms with van der Waals surface area (Å²) in [6.07, 6.45) is 23.7. The molecule has 0 radical (unpaired) electrons. The molecule has 6 nitrogen and oxygen atoms in total. The molecule has 0 aliphatic heterocycles. The van der Waals surface area contributed by atoms with E-state index < -0.39 is 11.9 Å². The van der Waals surface area contributed by atoms with E-state index in [2.05, 4.69) is 26.7 Å². The van der Waals surface area contributed by atoms with Crippen LogP contribution in [0.5, 0.6) is 0 Å². The number of hydrogen-bond acceptors (Lipinski definition) is 6. The predicted octanol–water partition coefficient (Wildman–Crippen LogP) is 7.21. The number of hydrogen-bond donors (Lipinski definition) is 0. The van der Waals surface area contributed by atoms with Crippen LogP contribution in [0.4, 0.5) is 0 Å². The van der Waals surface area contributed by atoms with E-state index in [1.54, 1.807) is 0 Å². The molecule has 0 saturated heterocycles. The Morgan fingerprint density at radius 2 is 0.970 bits per heavy atom. The van der Waals surface area contributed by atoms with Gasteiger partial charge in [0.25, 0.3) is 0 Å². The molecule has 0 amide bonds. The molecule has 0 aromatic heterocycles. The molecule has 0 heterocycles. The van der Waals surface area contributed by atoms with Crippen LogP contribution >= 0.6 is 0 Å². The van der Waals surface area contributed by atoms with Gasteiger partial charge in [-0.15, -0.1) is 0 Å². The van der Waals surface area contributed by atoms with E-state index in [1.807, 2.05) is 0 Å². The van der Waals surface area contributed by atoms with E-state index in [1.165, 1.54) is 83.5 Å². The van der Waals surface area contributed by atoms with Crippen molar-refractivity contribution in [3.05, 3.63) is 38.5 Å². The van der Waals surface area contributed by atoms with Gasteiger partial charge in [0.05, 0.1) is 25.4 Å². The van der Waals surface area contributed by atoms with Crippen LogP contribution in [0.25, 0.3) is 0 Å². The molecule has 188 valence electrons. The van der Waals surface area contributed by atoms with Gasteiger partial charge < -0.3 is 14.2 Å². The van der Waals surface area contributed by atoms with E-state index >= 15 is 0 Å². The zero-order valence-electron chi connectivity index (χ0n) is 20.3. The molecule has 0 bridgehead atoms. The average molecular weight is 495 g/mol. The summed E-state index contributed by atoms with van der Waals surface area (Å²) in [4.78, 5) is 21.8. The van der Waals surface area contributed by atoms with E-state index in [0.29, 0.717) is 0 Å². The summed E-state index contributed by atoms with van der Waals surface area (Å²) in [5, 5.41) is 0. The van der Waals surface area contributed by atoms with Gasteiger partial charge >= 0.3 is 63.3 Å². The molecule has 0 aliphatic carbocycles. The van der Waals surface area contributed by atoms with Crippen LogP contribution in [0.2, 0.25) is 0 Å². The normalized spacial score (nSPS) is 10.6. The summed E-state index contributed by atoms with van der Waals surface area (Å²) in [6, 6.07) is 0. The molecular weight excluding hydrogens is 447 g/mol. The van der Waals surface area contributed by atoms with Gasteiger partial charge in [0.1, 0.15) is 0 Å². The molecule has 0 spiro atoms. The van der Waals surface area contributed by atoms with Crippen molar-refractivity contribution in [3.63, 3.8) is 0 Å². The van der Waals surface area contributed by atoms with Gasteiger partial charge in [-0.1, -0.05) is 123 Å². The van der Waals surface area contributed by atoms with Crippen molar-refractivity contribution < 1.29 is 28.8 Å². The summed E-state index contributed by atoms with van der Waals surface area (Å²) in [5.41, 5.74) is 0. The standard InChI is InChI=1S/C26H46O6.K.H/c1-5-9-10-11-12-13-14-15-16-17-18-19-20-21-22-23-24-31-32-25(27)26(28-6-2,29-7-3)30-8-4;;/h6-8H,2-5,9-24H2,1H3;;. The molecule has 0 aromatic rings. The fraction of sp³-hybridized carbons (Fsp3) is 0.731. The molecule has 0 rings (SSSR count). The van der Waals surface area contributed by atoms with Crippen molar-refractivity contribution in [2.75, 3.05) is 6.61 Å². The van der Waals surface area contributed by atoms with E-state index in [-0.39, 0.29) is 58.0 Å². The van der Waals surface area contributed by atoms with Crippen LogP contribution in [-0.2, 0) is 28.8 Å². The Balaban J connectivity index is 0. The fourth-order valence-corrected chi connectivity index (χ4v) is 3.41. The number of carbonyl (C=O) groups is 1. The molecule has 0 unspecified atom stereocenters. The molecule has 0 saturated carbocycles. The second-order valence-corrected chi connectivity index (χ2v) is 7.91. The van der Waals surface area contributed by atoms with Gasteiger partial charge in [-0.2, -0.15) is 4.89 Å². The SMILES string of the molecule is C=COC(OC=C)(OC=C)C(=O)OOCCCCCCCCCCCCCCCCCC.[KH]. The van der Waals surface area contributed by atoms with Crippen molar-refractivity contribution in [1.29, 1.82) is 0 Å². The van der Waals surface area contributed by atoms with Crippen LogP contribution in [-0.4, -0.2) is 69.9 Å². The maximum absolute atomic E-state index is 12.1. The number of unbranched alkanes of at least 4 members (excludes halogenated alkanes) is 15. The summed E-state index contributed by atoms with van der Waals surface area (Å²) in [6.45, 7) is 12.7. The molecule has 0 atom stereocenters. The van der Waals surface area contributed by atoms with Gasteiger partial charge in [0, 0.05) is 0 Å². The van der Waals surface area contributed by atoms with Gasteiger partial charge in [0.2, 0.25) is 0 Å². The molecular formula is C26H47KO6. The van der Waals surface area contributed by atoms with Crippen LogP contribution in [0.3, 0.4) is 0 Å². The van der Waals surface area contributed by atoms with Gasteiger partial charge in [0.15, 0.2) is 0 Å². The van der Waals surface area contributed by atoms with E-state index in [9.17, 15) is 4.79 Å². The monoisotopic (exact) mass is 494 g/mol. The Kier molecular flexibility index (Phi) is 27.8. The third-order valence-electron chi connectivity index (χ3n) is 5.18. The summed E-state index contributed by atoms with van der Waals surface area (Å²) in [5.74, 6) is -3.21. The van der Waals surface area contributed by atoms with Gasteiger partial charge in [-0.25, -0.2) is 4.79 Å². The minimum atomic E-state index is -2.19. The first kappa shape index (κ1) is 34.9. The molecule has 33 heavy (non-hydrogen) atoms. The number of rotatable bonds is 25. The average Bonchev–Trinajstić information content (AvgIpc) is 2.78. The van der Waals surface area contributed by atoms with Crippen LogP contribution in [0.15, 0.2) is 38.5 Å². The van der Waals surface area contributed by atoms with Crippen LogP contribution in [0, 0.1) is 0 Å². The Morgan fingerprint density at radius 3 is 1.30 bits per heavy atom. The Bertz CT molecular complexity index is 457. The predicted molar refractivity (Wildman–Crippen MR) is 135 cm³/mol. The van der Waals surface area contributed by atoms with Gasteiger partial charge in [-0.05, 0) is 6.42 Å². The quantitative estimate of drug-likeness (QED) is 0.0334. The maximum atomic E-state index is 12.1.